The van der Waals surface area contributed by atoms with E-state index in [4.69, 9.17) is 4.74 Å². The maximum absolute atomic E-state index is 10.7. The molecule has 0 amide bonds. The maximum atomic E-state index is 10.7. The molecule has 1 unspecified atom stereocenters. The summed E-state index contributed by atoms with van der Waals surface area (Å²) in [6.45, 7) is 4.84. The molecule has 3 heteroatoms. The van der Waals surface area contributed by atoms with Gasteiger partial charge < -0.3 is 4.74 Å². The molecule has 2 nitrogen and oxygen atoms in total. The number of ether oxygens (including phenoxy) is 1. The molecule has 0 aromatic carbocycles. The van der Waals surface area contributed by atoms with Crippen molar-refractivity contribution in [3.05, 3.63) is 0 Å². The summed E-state index contributed by atoms with van der Waals surface area (Å²) in [7, 11) is 0. The molecule has 0 fully saturated rings. The number of carbonyl (C=O) groups is 1. The zero-order chi connectivity index (χ0) is 10.1. The fraction of sp³-hybridized carbons (Fsp3) is 0.900. The molecule has 0 N–H and O–H groups in total. The molecule has 0 bridgehead atoms. The van der Waals surface area contributed by atoms with Crippen LogP contribution in [0.5, 0.6) is 0 Å². The van der Waals surface area contributed by atoms with Crippen LogP contribution in [-0.2, 0) is 9.53 Å². The zero-order valence-electron chi connectivity index (χ0n) is 8.58. The summed E-state index contributed by atoms with van der Waals surface area (Å²) >= 11 is 3.83. The van der Waals surface area contributed by atoms with E-state index in [1.807, 2.05) is 0 Å². The first-order chi connectivity index (χ1) is 6.20. The smallest absolute Gasteiger partial charge is 0.315 e. The van der Waals surface area contributed by atoms with E-state index in [1.165, 1.54) is 19.3 Å². The molecule has 0 aliphatic rings. The first kappa shape index (κ1) is 12.8. The van der Waals surface area contributed by atoms with E-state index < -0.39 is 0 Å². The second kappa shape index (κ2) is 8.42. The summed E-state index contributed by atoms with van der Waals surface area (Å²) in [6.07, 6.45) is 4.89. The van der Waals surface area contributed by atoms with Crippen LogP contribution in [0.15, 0.2) is 0 Å². The molecule has 0 heterocycles. The van der Waals surface area contributed by atoms with Gasteiger partial charge in [-0.1, -0.05) is 33.1 Å². The molecule has 78 valence electrons. The van der Waals surface area contributed by atoms with Gasteiger partial charge in [0.15, 0.2) is 0 Å². The number of rotatable bonds is 7. The predicted octanol–water partition coefficient (Wildman–Crippen LogP) is 2.68. The van der Waals surface area contributed by atoms with E-state index in [0.717, 1.165) is 6.42 Å². The Morgan fingerprint density at radius 2 is 2.15 bits per heavy atom. The Kier molecular flexibility index (Phi) is 8.30. The van der Waals surface area contributed by atoms with Crippen LogP contribution in [0.1, 0.15) is 39.5 Å². The third kappa shape index (κ3) is 8.16. The number of thiol groups is 1. The van der Waals surface area contributed by atoms with E-state index in [2.05, 4.69) is 26.5 Å². The van der Waals surface area contributed by atoms with Crippen LogP contribution in [0.3, 0.4) is 0 Å². The Bertz CT molecular complexity index is 137. The lowest BCUT2D eigenvalue weighted by molar-refractivity contribution is -0.141. The highest BCUT2D eigenvalue weighted by Gasteiger charge is 2.05. The second-order valence-electron chi connectivity index (χ2n) is 3.44. The van der Waals surface area contributed by atoms with Gasteiger partial charge in [0.1, 0.15) is 0 Å². The average molecular weight is 204 g/mol. The summed E-state index contributed by atoms with van der Waals surface area (Å²) in [4.78, 5) is 10.7. The summed E-state index contributed by atoms with van der Waals surface area (Å²) in [5, 5.41) is 0. The van der Waals surface area contributed by atoms with Crippen LogP contribution in [0.25, 0.3) is 0 Å². The van der Waals surface area contributed by atoms with Gasteiger partial charge in [-0.15, -0.1) is 0 Å². The van der Waals surface area contributed by atoms with Crippen molar-refractivity contribution in [1.82, 2.24) is 0 Å². The van der Waals surface area contributed by atoms with Gasteiger partial charge in [-0.2, -0.15) is 12.6 Å². The molecule has 0 saturated heterocycles. The monoisotopic (exact) mass is 204 g/mol. The number of esters is 1. The fourth-order valence-corrected chi connectivity index (χ4v) is 1.20. The largest absolute Gasteiger partial charge is 0.465 e. The van der Waals surface area contributed by atoms with Crippen molar-refractivity contribution in [3.63, 3.8) is 0 Å². The summed E-state index contributed by atoms with van der Waals surface area (Å²) in [6, 6.07) is 0. The molecule has 0 aromatic heterocycles. The van der Waals surface area contributed by atoms with E-state index in [0.29, 0.717) is 12.5 Å². The zero-order valence-corrected chi connectivity index (χ0v) is 9.48. The molecule has 0 aliphatic carbocycles. The van der Waals surface area contributed by atoms with Gasteiger partial charge in [0.05, 0.1) is 12.4 Å². The van der Waals surface area contributed by atoms with Crippen LogP contribution in [0.2, 0.25) is 0 Å². The first-order valence-corrected chi connectivity index (χ1v) is 5.60. The highest BCUT2D eigenvalue weighted by Crippen LogP contribution is 2.09. The molecule has 0 saturated carbocycles. The Hall–Kier alpha value is -0.180. The van der Waals surface area contributed by atoms with Crippen molar-refractivity contribution < 1.29 is 9.53 Å². The number of carbonyl (C=O) groups excluding carboxylic acids is 1. The summed E-state index contributed by atoms with van der Waals surface area (Å²) in [5.74, 6) is 0.447. The number of unbranched alkanes of at least 4 members (excludes halogenated alkanes) is 2. The van der Waals surface area contributed by atoms with Gasteiger partial charge in [0.25, 0.3) is 0 Å². The normalized spacial score (nSPS) is 12.5. The molecule has 0 aromatic rings. The van der Waals surface area contributed by atoms with E-state index in [9.17, 15) is 4.79 Å². The van der Waals surface area contributed by atoms with Crippen molar-refractivity contribution >= 4 is 18.6 Å². The van der Waals surface area contributed by atoms with Gasteiger partial charge in [0.2, 0.25) is 0 Å². The quantitative estimate of drug-likeness (QED) is 0.392. The Balaban J connectivity index is 3.29. The maximum Gasteiger partial charge on any atom is 0.315 e. The molecule has 0 aliphatic heterocycles. The topological polar surface area (TPSA) is 26.3 Å². The van der Waals surface area contributed by atoms with Gasteiger partial charge in [-0.05, 0) is 12.3 Å². The van der Waals surface area contributed by atoms with E-state index in [-0.39, 0.29) is 11.7 Å². The minimum atomic E-state index is -0.217. The van der Waals surface area contributed by atoms with Gasteiger partial charge in [-0.3, -0.25) is 4.79 Å². The van der Waals surface area contributed by atoms with E-state index >= 15 is 0 Å². The third-order valence-electron chi connectivity index (χ3n) is 1.96. The first-order valence-electron chi connectivity index (χ1n) is 4.97. The fourth-order valence-electron chi connectivity index (χ4n) is 1.11. The van der Waals surface area contributed by atoms with Crippen LogP contribution >= 0.6 is 12.6 Å². The lowest BCUT2D eigenvalue weighted by Crippen LogP contribution is -2.12. The summed E-state index contributed by atoms with van der Waals surface area (Å²) < 4.78 is 4.97. The van der Waals surface area contributed by atoms with Crippen molar-refractivity contribution in [2.75, 3.05) is 12.4 Å². The molecule has 0 rings (SSSR count). The Morgan fingerprint density at radius 3 is 2.69 bits per heavy atom. The molecule has 13 heavy (non-hydrogen) atoms. The molecular formula is C10H20O2S. The van der Waals surface area contributed by atoms with Crippen molar-refractivity contribution in [3.8, 4) is 0 Å². The van der Waals surface area contributed by atoms with Crippen LogP contribution < -0.4 is 0 Å². The molecule has 0 spiro atoms. The Labute approximate surface area is 86.5 Å². The standard InChI is InChI=1S/C10H20O2S/c1-3-4-5-6-9(2)7-12-10(11)8-13/h9,13H,3-8H2,1-2H3. The minimum Gasteiger partial charge on any atom is -0.465 e. The summed E-state index contributed by atoms with van der Waals surface area (Å²) in [5.41, 5.74) is 0. The van der Waals surface area contributed by atoms with Crippen LogP contribution in [0.4, 0.5) is 0 Å². The SMILES string of the molecule is CCCCCC(C)COC(=O)CS. The highest BCUT2D eigenvalue weighted by molar-refractivity contribution is 7.81. The van der Waals surface area contributed by atoms with E-state index in [1.54, 1.807) is 0 Å². The lowest BCUT2D eigenvalue weighted by atomic mass is 10.0. The van der Waals surface area contributed by atoms with Crippen LogP contribution in [-0.4, -0.2) is 18.3 Å². The predicted molar refractivity (Wildman–Crippen MR) is 58.1 cm³/mol. The highest BCUT2D eigenvalue weighted by atomic mass is 32.1. The van der Waals surface area contributed by atoms with Crippen molar-refractivity contribution in [2.45, 2.75) is 39.5 Å². The number of hydrogen-bond acceptors (Lipinski definition) is 3. The van der Waals surface area contributed by atoms with Crippen LogP contribution in [0, 0.1) is 5.92 Å². The van der Waals surface area contributed by atoms with Crippen molar-refractivity contribution in [1.29, 1.82) is 0 Å². The number of hydrogen-bond donors (Lipinski definition) is 1. The molecule has 1 atom stereocenters. The van der Waals surface area contributed by atoms with Gasteiger partial charge >= 0.3 is 5.97 Å². The molecule has 0 radical (unpaired) electrons. The van der Waals surface area contributed by atoms with Gasteiger partial charge in [0, 0.05) is 0 Å². The molecular weight excluding hydrogens is 184 g/mol. The van der Waals surface area contributed by atoms with Crippen molar-refractivity contribution in [2.24, 2.45) is 5.92 Å². The lowest BCUT2D eigenvalue weighted by Gasteiger charge is -2.10. The van der Waals surface area contributed by atoms with Gasteiger partial charge in [-0.25, -0.2) is 0 Å². The third-order valence-corrected chi connectivity index (χ3v) is 2.22. The Morgan fingerprint density at radius 1 is 1.46 bits per heavy atom. The minimum absolute atomic E-state index is 0.182. The second-order valence-corrected chi connectivity index (χ2v) is 3.76. The average Bonchev–Trinajstić information content (AvgIpc) is 2.14.